The molecule has 0 heterocycles. The predicted octanol–water partition coefficient (Wildman–Crippen LogP) is 4.12. The highest BCUT2D eigenvalue weighted by Crippen LogP contribution is 2.21. The molecular weight excluding hydrogens is 216 g/mol. The lowest BCUT2D eigenvalue weighted by Crippen LogP contribution is -1.88. The third-order valence-corrected chi connectivity index (χ3v) is 3.22. The molecular formula is C18H14. The van der Waals surface area contributed by atoms with Crippen LogP contribution in [0.4, 0.5) is 0 Å². The van der Waals surface area contributed by atoms with Gasteiger partial charge in [-0.1, -0.05) is 54.0 Å². The van der Waals surface area contributed by atoms with E-state index < -0.39 is 0 Å². The number of benzene rings is 2. The first-order chi connectivity index (χ1) is 8.95. The second-order valence-electron chi connectivity index (χ2n) is 4.52. The number of rotatable bonds is 0. The summed E-state index contributed by atoms with van der Waals surface area (Å²) in [5.41, 5.74) is 2.17. The maximum Gasteiger partial charge on any atom is 0.0480 e. The highest BCUT2D eigenvalue weighted by molar-refractivity contribution is 5.90. The first kappa shape index (κ1) is 10.9. The molecule has 0 heteroatoms. The molecule has 2 aromatic carbocycles. The summed E-state index contributed by atoms with van der Waals surface area (Å²) >= 11 is 0. The molecule has 0 radical (unpaired) electrons. The zero-order chi connectivity index (χ0) is 12.2. The number of fused-ring (bicyclic) bond motifs is 3. The van der Waals surface area contributed by atoms with Crippen molar-refractivity contribution in [3.63, 3.8) is 0 Å². The van der Waals surface area contributed by atoms with Gasteiger partial charge in [0, 0.05) is 24.0 Å². The molecule has 0 atom stereocenters. The molecule has 0 amide bonds. The highest BCUT2D eigenvalue weighted by atomic mass is 14.1. The Morgan fingerprint density at radius 1 is 0.778 bits per heavy atom. The maximum atomic E-state index is 3.32. The first-order valence-corrected chi connectivity index (χ1v) is 6.45. The van der Waals surface area contributed by atoms with E-state index >= 15 is 0 Å². The minimum Gasteiger partial charge on any atom is -0.0978 e. The van der Waals surface area contributed by atoms with Crippen LogP contribution in [0.1, 0.15) is 36.8 Å². The minimum atomic E-state index is 0.977. The van der Waals surface area contributed by atoms with Gasteiger partial charge in [-0.3, -0.25) is 0 Å². The summed E-state index contributed by atoms with van der Waals surface area (Å²) in [7, 11) is 0. The van der Waals surface area contributed by atoms with Crippen LogP contribution < -0.4 is 0 Å². The SMILES string of the molecule is C1#Cc2ccc3ccccc3c2C#CCCCC1. The van der Waals surface area contributed by atoms with E-state index in [1.165, 1.54) is 10.8 Å². The fourth-order valence-corrected chi connectivity index (χ4v) is 2.25. The predicted molar refractivity (Wildman–Crippen MR) is 76.2 cm³/mol. The van der Waals surface area contributed by atoms with Crippen molar-refractivity contribution < 1.29 is 0 Å². The molecule has 1 aliphatic rings. The van der Waals surface area contributed by atoms with Gasteiger partial charge in [0.1, 0.15) is 0 Å². The van der Waals surface area contributed by atoms with Crippen LogP contribution in [0, 0.1) is 23.7 Å². The molecule has 0 aromatic heterocycles. The van der Waals surface area contributed by atoms with Gasteiger partial charge in [0.2, 0.25) is 0 Å². The molecule has 1 aliphatic carbocycles. The summed E-state index contributed by atoms with van der Waals surface area (Å²) in [5.74, 6) is 13.1. The van der Waals surface area contributed by atoms with E-state index in [1.807, 2.05) is 0 Å². The monoisotopic (exact) mass is 230 g/mol. The van der Waals surface area contributed by atoms with Crippen LogP contribution in [-0.2, 0) is 0 Å². The van der Waals surface area contributed by atoms with Crippen molar-refractivity contribution in [1.82, 2.24) is 0 Å². The molecule has 0 bridgehead atoms. The lowest BCUT2D eigenvalue weighted by atomic mass is 9.98. The zero-order valence-corrected chi connectivity index (χ0v) is 10.3. The van der Waals surface area contributed by atoms with Gasteiger partial charge in [-0.05, 0) is 29.7 Å². The largest absolute Gasteiger partial charge is 0.0978 e. The lowest BCUT2D eigenvalue weighted by Gasteiger charge is -2.04. The molecule has 0 N–H and O–H groups in total. The van der Waals surface area contributed by atoms with Gasteiger partial charge < -0.3 is 0 Å². The first-order valence-electron chi connectivity index (χ1n) is 6.45. The Morgan fingerprint density at radius 2 is 1.56 bits per heavy atom. The number of hydrogen-bond acceptors (Lipinski definition) is 0. The van der Waals surface area contributed by atoms with Crippen LogP contribution in [0.15, 0.2) is 36.4 Å². The quantitative estimate of drug-likeness (QED) is 0.597. The Balaban J connectivity index is 2.27. The van der Waals surface area contributed by atoms with Crippen LogP contribution >= 0.6 is 0 Å². The Bertz CT molecular complexity index is 699. The van der Waals surface area contributed by atoms with Gasteiger partial charge in [-0.25, -0.2) is 0 Å². The summed E-state index contributed by atoms with van der Waals surface area (Å²) in [4.78, 5) is 0. The molecule has 2 aromatic rings. The molecule has 86 valence electrons. The highest BCUT2D eigenvalue weighted by Gasteiger charge is 2.03. The molecule has 18 heavy (non-hydrogen) atoms. The van der Waals surface area contributed by atoms with Crippen molar-refractivity contribution in [2.45, 2.75) is 25.7 Å². The summed E-state index contributed by atoms with van der Waals surface area (Å²) in [6.45, 7) is 0. The van der Waals surface area contributed by atoms with E-state index in [4.69, 9.17) is 0 Å². The summed E-state index contributed by atoms with van der Waals surface area (Å²) in [6.07, 6.45) is 4.27. The van der Waals surface area contributed by atoms with Crippen molar-refractivity contribution in [2.75, 3.05) is 0 Å². The van der Waals surface area contributed by atoms with E-state index in [9.17, 15) is 0 Å². The molecule has 3 rings (SSSR count). The average Bonchev–Trinajstić information content (AvgIpc) is 2.44. The molecule has 0 spiro atoms. The molecule has 0 nitrogen and oxygen atoms in total. The number of hydrogen-bond donors (Lipinski definition) is 0. The molecule has 0 saturated carbocycles. The van der Waals surface area contributed by atoms with E-state index in [2.05, 4.69) is 60.1 Å². The normalized spacial score (nSPS) is 13.8. The van der Waals surface area contributed by atoms with E-state index in [0.717, 1.165) is 36.8 Å². The topological polar surface area (TPSA) is 0 Å². The van der Waals surface area contributed by atoms with E-state index in [1.54, 1.807) is 0 Å². The van der Waals surface area contributed by atoms with Gasteiger partial charge in [0.15, 0.2) is 0 Å². The van der Waals surface area contributed by atoms with Crippen LogP contribution in [-0.4, -0.2) is 0 Å². The summed E-state index contributed by atoms with van der Waals surface area (Å²) in [6, 6.07) is 12.6. The summed E-state index contributed by atoms with van der Waals surface area (Å²) in [5, 5.41) is 2.46. The van der Waals surface area contributed by atoms with Crippen molar-refractivity contribution in [1.29, 1.82) is 0 Å². The molecule has 0 aliphatic heterocycles. The smallest absolute Gasteiger partial charge is 0.0480 e. The van der Waals surface area contributed by atoms with Crippen molar-refractivity contribution in [3.05, 3.63) is 47.5 Å². The fourth-order valence-electron chi connectivity index (χ4n) is 2.25. The van der Waals surface area contributed by atoms with Crippen molar-refractivity contribution >= 4 is 10.8 Å². The van der Waals surface area contributed by atoms with Crippen LogP contribution in [0.2, 0.25) is 0 Å². The average molecular weight is 230 g/mol. The molecule has 0 fully saturated rings. The molecule has 0 saturated heterocycles. The Labute approximate surface area is 108 Å². The van der Waals surface area contributed by atoms with Crippen LogP contribution in [0.5, 0.6) is 0 Å². The standard InChI is InChI=1S/C18H14/c1-2-4-6-11-17-15(9-5-3-1)13-14-16-10-7-8-12-18(16)17/h7-8,10,12-14H,1-4H2. The van der Waals surface area contributed by atoms with Crippen molar-refractivity contribution in [2.24, 2.45) is 0 Å². The summed E-state index contributed by atoms with van der Waals surface area (Å²) < 4.78 is 0. The maximum absolute atomic E-state index is 3.32. The van der Waals surface area contributed by atoms with Gasteiger partial charge in [0.05, 0.1) is 0 Å². The van der Waals surface area contributed by atoms with Crippen LogP contribution in [0.25, 0.3) is 10.8 Å². The van der Waals surface area contributed by atoms with Gasteiger partial charge >= 0.3 is 0 Å². The minimum absolute atomic E-state index is 0.977. The zero-order valence-electron chi connectivity index (χ0n) is 10.3. The molecule has 0 unspecified atom stereocenters. The van der Waals surface area contributed by atoms with Crippen molar-refractivity contribution in [3.8, 4) is 23.7 Å². The Kier molecular flexibility index (Phi) is 3.03. The third-order valence-electron chi connectivity index (χ3n) is 3.22. The van der Waals surface area contributed by atoms with Gasteiger partial charge in [0.25, 0.3) is 0 Å². The van der Waals surface area contributed by atoms with Gasteiger partial charge in [-0.15, -0.1) is 0 Å². The van der Waals surface area contributed by atoms with Crippen LogP contribution in [0.3, 0.4) is 0 Å². The Morgan fingerprint density at radius 3 is 2.44 bits per heavy atom. The second-order valence-corrected chi connectivity index (χ2v) is 4.52. The van der Waals surface area contributed by atoms with E-state index in [0.29, 0.717) is 0 Å². The Hall–Kier alpha value is -2.18. The third kappa shape index (κ3) is 2.11. The fraction of sp³-hybridized carbons (Fsp3) is 0.222. The van der Waals surface area contributed by atoms with Gasteiger partial charge in [-0.2, -0.15) is 0 Å². The van der Waals surface area contributed by atoms with E-state index in [-0.39, 0.29) is 0 Å². The lowest BCUT2D eigenvalue weighted by molar-refractivity contribution is 0.782. The second kappa shape index (κ2) is 4.99.